The van der Waals surface area contributed by atoms with E-state index in [2.05, 4.69) is 55.3 Å². The van der Waals surface area contributed by atoms with E-state index in [9.17, 15) is 0 Å². The molecule has 2 fully saturated rings. The van der Waals surface area contributed by atoms with Crippen LogP contribution in [0, 0.1) is 17.8 Å². The smallest absolute Gasteiger partial charge is 0.0236 e. The second kappa shape index (κ2) is 5.87. The van der Waals surface area contributed by atoms with Crippen molar-refractivity contribution >= 4 is 0 Å². The molecule has 2 aliphatic heterocycles. The zero-order valence-electron chi connectivity index (χ0n) is 13.1. The molecule has 1 aromatic carbocycles. The van der Waals surface area contributed by atoms with Crippen molar-refractivity contribution in [1.29, 1.82) is 0 Å². The van der Waals surface area contributed by atoms with Crippen LogP contribution >= 0.6 is 0 Å². The summed E-state index contributed by atoms with van der Waals surface area (Å²) in [5.41, 5.74) is 2.94. The summed E-state index contributed by atoms with van der Waals surface area (Å²) in [5, 5.41) is 3.54. The molecule has 2 heteroatoms. The molecular formula is C18H28N2. The van der Waals surface area contributed by atoms with E-state index in [1.165, 1.54) is 37.2 Å². The first-order valence-corrected chi connectivity index (χ1v) is 8.16. The number of fused-ring (bicyclic) bond motifs is 1. The fourth-order valence-electron chi connectivity index (χ4n) is 3.95. The van der Waals surface area contributed by atoms with Crippen LogP contribution in [0.25, 0.3) is 0 Å². The Morgan fingerprint density at radius 1 is 1.15 bits per heavy atom. The van der Waals surface area contributed by atoms with Crippen molar-refractivity contribution < 1.29 is 0 Å². The molecule has 0 radical (unpaired) electrons. The molecule has 20 heavy (non-hydrogen) atoms. The van der Waals surface area contributed by atoms with Gasteiger partial charge in [-0.05, 0) is 55.3 Å². The van der Waals surface area contributed by atoms with Gasteiger partial charge < -0.3 is 5.32 Å². The van der Waals surface area contributed by atoms with Crippen LogP contribution in [0.5, 0.6) is 0 Å². The van der Waals surface area contributed by atoms with Crippen LogP contribution in [0.4, 0.5) is 0 Å². The molecule has 0 aliphatic carbocycles. The van der Waals surface area contributed by atoms with Crippen LogP contribution in [-0.2, 0) is 13.0 Å². The molecule has 2 heterocycles. The molecule has 0 amide bonds. The van der Waals surface area contributed by atoms with Crippen molar-refractivity contribution in [2.24, 2.45) is 17.8 Å². The fraction of sp³-hybridized carbons (Fsp3) is 0.667. The normalized spacial score (nSPS) is 30.1. The van der Waals surface area contributed by atoms with Crippen molar-refractivity contribution in [2.75, 3.05) is 19.6 Å². The Hall–Kier alpha value is -0.860. The lowest BCUT2D eigenvalue weighted by atomic mass is 9.95. The average molecular weight is 272 g/mol. The van der Waals surface area contributed by atoms with Crippen molar-refractivity contribution in [3.63, 3.8) is 0 Å². The van der Waals surface area contributed by atoms with Crippen molar-refractivity contribution in [3.05, 3.63) is 35.4 Å². The van der Waals surface area contributed by atoms with E-state index in [1.807, 2.05) is 0 Å². The second-order valence-corrected chi connectivity index (χ2v) is 7.17. The Morgan fingerprint density at radius 3 is 2.50 bits per heavy atom. The highest BCUT2D eigenvalue weighted by atomic mass is 15.2. The molecule has 110 valence electrons. The quantitative estimate of drug-likeness (QED) is 0.906. The molecule has 0 saturated carbocycles. The lowest BCUT2D eigenvalue weighted by Crippen LogP contribution is -2.32. The molecule has 1 aromatic rings. The van der Waals surface area contributed by atoms with E-state index >= 15 is 0 Å². The van der Waals surface area contributed by atoms with Gasteiger partial charge in [-0.15, -0.1) is 0 Å². The number of nitrogens with zero attached hydrogens (tertiary/aromatic N) is 1. The summed E-state index contributed by atoms with van der Waals surface area (Å²) in [7, 11) is 0. The summed E-state index contributed by atoms with van der Waals surface area (Å²) >= 11 is 0. The highest BCUT2D eigenvalue weighted by Gasteiger charge is 2.41. The summed E-state index contributed by atoms with van der Waals surface area (Å²) in [4.78, 5) is 2.67. The molecule has 0 bridgehead atoms. The highest BCUT2D eigenvalue weighted by Crippen LogP contribution is 2.33. The SMILES string of the molecule is CC(C)Cc1ccc(CN2CC3CNCC3C2C)cc1. The first-order valence-electron chi connectivity index (χ1n) is 8.16. The van der Waals surface area contributed by atoms with Crippen LogP contribution in [0.3, 0.4) is 0 Å². The van der Waals surface area contributed by atoms with E-state index in [-0.39, 0.29) is 0 Å². The predicted octanol–water partition coefficient (Wildman–Crippen LogP) is 2.92. The van der Waals surface area contributed by atoms with Crippen LogP contribution in [-0.4, -0.2) is 30.6 Å². The van der Waals surface area contributed by atoms with Crippen molar-refractivity contribution in [1.82, 2.24) is 10.2 Å². The predicted molar refractivity (Wildman–Crippen MR) is 84.7 cm³/mol. The number of benzene rings is 1. The lowest BCUT2D eigenvalue weighted by molar-refractivity contribution is 0.231. The van der Waals surface area contributed by atoms with E-state index in [1.54, 1.807) is 0 Å². The number of nitrogens with one attached hydrogen (secondary N) is 1. The third-order valence-corrected chi connectivity index (χ3v) is 5.11. The molecule has 1 N–H and O–H groups in total. The van der Waals surface area contributed by atoms with Crippen LogP contribution in [0.2, 0.25) is 0 Å². The largest absolute Gasteiger partial charge is 0.316 e. The molecule has 2 aliphatic rings. The summed E-state index contributed by atoms with van der Waals surface area (Å²) in [6.07, 6.45) is 1.19. The van der Waals surface area contributed by atoms with Crippen LogP contribution < -0.4 is 5.32 Å². The van der Waals surface area contributed by atoms with Gasteiger partial charge in [0.05, 0.1) is 0 Å². The minimum absolute atomic E-state index is 0.727. The van der Waals surface area contributed by atoms with Gasteiger partial charge in [0.15, 0.2) is 0 Å². The van der Waals surface area contributed by atoms with Crippen molar-refractivity contribution in [3.8, 4) is 0 Å². The standard InChI is InChI=1S/C18H28N2/c1-13(2)8-15-4-6-16(7-5-15)11-20-12-17-9-19-10-18(17)14(20)3/h4-7,13-14,17-19H,8-12H2,1-3H3. The molecule has 0 spiro atoms. The van der Waals surface area contributed by atoms with E-state index in [0.29, 0.717) is 0 Å². The van der Waals surface area contributed by atoms with E-state index in [0.717, 1.165) is 30.3 Å². The zero-order chi connectivity index (χ0) is 14.1. The second-order valence-electron chi connectivity index (χ2n) is 7.17. The molecule has 2 nitrogen and oxygen atoms in total. The number of hydrogen-bond acceptors (Lipinski definition) is 2. The van der Waals surface area contributed by atoms with Gasteiger partial charge in [-0.1, -0.05) is 38.1 Å². The molecule has 3 rings (SSSR count). The van der Waals surface area contributed by atoms with Gasteiger partial charge in [-0.2, -0.15) is 0 Å². The van der Waals surface area contributed by atoms with Crippen molar-refractivity contribution in [2.45, 2.75) is 39.8 Å². The van der Waals surface area contributed by atoms with Gasteiger partial charge in [0, 0.05) is 19.1 Å². The Labute approximate surface area is 123 Å². The molecular weight excluding hydrogens is 244 g/mol. The summed E-state index contributed by atoms with van der Waals surface area (Å²) in [6.45, 7) is 11.8. The first-order chi connectivity index (χ1) is 9.63. The van der Waals surface area contributed by atoms with Gasteiger partial charge in [0.25, 0.3) is 0 Å². The maximum Gasteiger partial charge on any atom is 0.0236 e. The van der Waals surface area contributed by atoms with Crippen LogP contribution in [0.15, 0.2) is 24.3 Å². The van der Waals surface area contributed by atoms with Gasteiger partial charge >= 0.3 is 0 Å². The minimum atomic E-state index is 0.727. The third-order valence-electron chi connectivity index (χ3n) is 5.11. The number of likely N-dealkylation sites (tertiary alicyclic amines) is 1. The van der Waals surface area contributed by atoms with Gasteiger partial charge in [-0.25, -0.2) is 0 Å². The van der Waals surface area contributed by atoms with E-state index < -0.39 is 0 Å². The Morgan fingerprint density at radius 2 is 1.85 bits per heavy atom. The topological polar surface area (TPSA) is 15.3 Å². The monoisotopic (exact) mass is 272 g/mol. The summed E-state index contributed by atoms with van der Waals surface area (Å²) in [6, 6.07) is 10.0. The number of rotatable bonds is 4. The van der Waals surface area contributed by atoms with Gasteiger partial charge in [0.2, 0.25) is 0 Å². The highest BCUT2D eigenvalue weighted by molar-refractivity contribution is 5.23. The molecule has 3 atom stereocenters. The maximum absolute atomic E-state index is 3.54. The Kier molecular flexibility index (Phi) is 4.13. The molecule has 2 saturated heterocycles. The van der Waals surface area contributed by atoms with Gasteiger partial charge in [0.1, 0.15) is 0 Å². The first kappa shape index (κ1) is 14.1. The summed E-state index contributed by atoms with van der Waals surface area (Å²) < 4.78 is 0. The van der Waals surface area contributed by atoms with Crippen LogP contribution in [0.1, 0.15) is 31.9 Å². The maximum atomic E-state index is 3.54. The Balaban J connectivity index is 1.61. The number of hydrogen-bond donors (Lipinski definition) is 1. The lowest BCUT2D eigenvalue weighted by Gasteiger charge is -2.24. The fourth-order valence-corrected chi connectivity index (χ4v) is 3.95. The summed E-state index contributed by atoms with van der Waals surface area (Å²) in [5.74, 6) is 2.49. The average Bonchev–Trinajstić information content (AvgIpc) is 2.96. The molecule has 0 aromatic heterocycles. The molecule has 3 unspecified atom stereocenters. The van der Waals surface area contributed by atoms with E-state index in [4.69, 9.17) is 0 Å². The third kappa shape index (κ3) is 2.91. The Bertz CT molecular complexity index is 437. The van der Waals surface area contributed by atoms with Gasteiger partial charge in [-0.3, -0.25) is 4.90 Å². The minimum Gasteiger partial charge on any atom is -0.316 e. The zero-order valence-corrected chi connectivity index (χ0v) is 13.1.